The van der Waals surface area contributed by atoms with Crippen LogP contribution >= 0.6 is 0 Å². The van der Waals surface area contributed by atoms with Crippen LogP contribution in [-0.2, 0) is 6.54 Å². The third-order valence-electron chi connectivity index (χ3n) is 4.93. The molecule has 1 fully saturated rings. The Morgan fingerprint density at radius 1 is 1.23 bits per heavy atom. The summed E-state index contributed by atoms with van der Waals surface area (Å²) in [5, 5.41) is 6.97. The maximum Gasteiger partial charge on any atom is 0.191 e. The lowest BCUT2D eigenvalue weighted by molar-refractivity contribution is 0.468. The Hall–Kier alpha value is -2.56. The fourth-order valence-electron chi connectivity index (χ4n) is 3.34. The van der Waals surface area contributed by atoms with Crippen LogP contribution in [0, 0.1) is 13.8 Å². The molecule has 5 nitrogen and oxygen atoms in total. The lowest BCUT2D eigenvalue weighted by atomic mass is 10.0. The van der Waals surface area contributed by atoms with Crippen molar-refractivity contribution < 1.29 is 0 Å². The first-order chi connectivity index (χ1) is 12.7. The third kappa shape index (κ3) is 4.75. The SMILES string of the molecule is CN=C(NCc1ncccc1C)NC1CCCN(c2ccc(C)cc2)C1. The molecular weight excluding hydrogens is 322 g/mol. The number of pyridine rings is 1. The van der Waals surface area contributed by atoms with Gasteiger partial charge in [-0.3, -0.25) is 9.98 Å². The first-order valence-corrected chi connectivity index (χ1v) is 9.35. The highest BCUT2D eigenvalue weighted by atomic mass is 15.2. The molecule has 0 radical (unpaired) electrons. The molecule has 5 heteroatoms. The molecule has 138 valence electrons. The molecule has 2 heterocycles. The Balaban J connectivity index is 1.56. The van der Waals surface area contributed by atoms with Crippen molar-refractivity contribution in [3.63, 3.8) is 0 Å². The average Bonchev–Trinajstić information content (AvgIpc) is 2.67. The molecule has 1 aliphatic heterocycles. The van der Waals surface area contributed by atoms with E-state index in [9.17, 15) is 0 Å². The standard InChI is InChI=1S/C21H29N5/c1-16-8-10-19(11-9-16)26-13-5-7-18(15-26)25-21(22-3)24-14-20-17(2)6-4-12-23-20/h4,6,8-12,18H,5,7,13-15H2,1-3H3,(H2,22,24,25). The maximum atomic E-state index is 4.44. The number of benzene rings is 1. The van der Waals surface area contributed by atoms with Crippen LogP contribution in [0.25, 0.3) is 0 Å². The maximum absolute atomic E-state index is 4.44. The van der Waals surface area contributed by atoms with E-state index in [1.165, 1.54) is 23.2 Å². The summed E-state index contributed by atoms with van der Waals surface area (Å²) >= 11 is 0. The summed E-state index contributed by atoms with van der Waals surface area (Å²) in [5.74, 6) is 0.839. The monoisotopic (exact) mass is 351 g/mol. The van der Waals surface area contributed by atoms with E-state index in [-0.39, 0.29) is 0 Å². The summed E-state index contributed by atoms with van der Waals surface area (Å²) in [6.45, 7) is 7.00. The van der Waals surface area contributed by atoms with Gasteiger partial charge in [0.05, 0.1) is 12.2 Å². The molecule has 0 amide bonds. The molecule has 0 saturated carbocycles. The van der Waals surface area contributed by atoms with Crippen molar-refractivity contribution in [3.8, 4) is 0 Å². The molecule has 1 aromatic heterocycles. The molecule has 0 aliphatic carbocycles. The van der Waals surface area contributed by atoms with Gasteiger partial charge in [-0.25, -0.2) is 0 Å². The van der Waals surface area contributed by atoms with Crippen LogP contribution in [0.5, 0.6) is 0 Å². The second-order valence-electron chi connectivity index (χ2n) is 6.96. The molecule has 2 aromatic rings. The van der Waals surface area contributed by atoms with Gasteiger partial charge in [-0.1, -0.05) is 23.8 Å². The number of aryl methyl sites for hydroxylation is 2. The summed E-state index contributed by atoms with van der Waals surface area (Å²) in [7, 11) is 1.82. The van der Waals surface area contributed by atoms with Gasteiger partial charge < -0.3 is 15.5 Å². The van der Waals surface area contributed by atoms with E-state index < -0.39 is 0 Å². The number of hydrogen-bond acceptors (Lipinski definition) is 3. The summed E-state index contributed by atoms with van der Waals surface area (Å²) in [6, 6.07) is 13.2. The summed E-state index contributed by atoms with van der Waals surface area (Å²) in [6.07, 6.45) is 4.17. The molecule has 1 aromatic carbocycles. The largest absolute Gasteiger partial charge is 0.369 e. The molecular formula is C21H29N5. The lowest BCUT2D eigenvalue weighted by Crippen LogP contribution is -2.51. The molecule has 0 spiro atoms. The van der Waals surface area contributed by atoms with Crippen LogP contribution in [0.3, 0.4) is 0 Å². The van der Waals surface area contributed by atoms with Crippen LogP contribution in [0.15, 0.2) is 47.6 Å². The predicted octanol–water partition coefficient (Wildman–Crippen LogP) is 3.03. The zero-order chi connectivity index (χ0) is 18.4. The molecule has 3 rings (SSSR count). The van der Waals surface area contributed by atoms with Crippen molar-refractivity contribution in [3.05, 3.63) is 59.4 Å². The molecule has 2 N–H and O–H groups in total. The molecule has 1 atom stereocenters. The highest BCUT2D eigenvalue weighted by Crippen LogP contribution is 2.20. The predicted molar refractivity (Wildman–Crippen MR) is 109 cm³/mol. The Kier molecular flexibility index (Phi) is 6.10. The number of aromatic nitrogens is 1. The number of hydrogen-bond donors (Lipinski definition) is 2. The van der Waals surface area contributed by atoms with Gasteiger partial charge in [0.25, 0.3) is 0 Å². The van der Waals surface area contributed by atoms with Crippen LogP contribution < -0.4 is 15.5 Å². The Labute approximate surface area is 156 Å². The number of guanidine groups is 1. The van der Waals surface area contributed by atoms with Gasteiger partial charge in [-0.05, 0) is 50.5 Å². The Bertz CT molecular complexity index is 738. The van der Waals surface area contributed by atoms with E-state index >= 15 is 0 Å². The van der Waals surface area contributed by atoms with Gasteiger partial charge >= 0.3 is 0 Å². The van der Waals surface area contributed by atoms with E-state index in [1.54, 1.807) is 0 Å². The molecule has 1 unspecified atom stereocenters. The minimum absolute atomic E-state index is 0.390. The Morgan fingerprint density at radius 2 is 2.04 bits per heavy atom. The van der Waals surface area contributed by atoms with Crippen LogP contribution in [-0.4, -0.2) is 37.1 Å². The van der Waals surface area contributed by atoms with Gasteiger partial charge in [-0.15, -0.1) is 0 Å². The van der Waals surface area contributed by atoms with Gasteiger partial charge in [0.1, 0.15) is 0 Å². The average molecular weight is 351 g/mol. The van der Waals surface area contributed by atoms with Gasteiger partial charge in [-0.2, -0.15) is 0 Å². The van der Waals surface area contributed by atoms with E-state index in [0.29, 0.717) is 12.6 Å². The zero-order valence-electron chi connectivity index (χ0n) is 16.0. The van der Waals surface area contributed by atoms with E-state index in [4.69, 9.17) is 0 Å². The van der Waals surface area contributed by atoms with Crippen LogP contribution in [0.1, 0.15) is 29.7 Å². The van der Waals surface area contributed by atoms with Crippen molar-refractivity contribution in [1.29, 1.82) is 0 Å². The lowest BCUT2D eigenvalue weighted by Gasteiger charge is -2.35. The fourth-order valence-corrected chi connectivity index (χ4v) is 3.34. The summed E-state index contributed by atoms with van der Waals surface area (Å²) in [5.41, 5.74) is 4.85. The summed E-state index contributed by atoms with van der Waals surface area (Å²) < 4.78 is 0. The van der Waals surface area contributed by atoms with E-state index in [1.807, 2.05) is 19.3 Å². The van der Waals surface area contributed by atoms with Gasteiger partial charge in [0.15, 0.2) is 5.96 Å². The number of anilines is 1. The van der Waals surface area contributed by atoms with E-state index in [0.717, 1.165) is 31.2 Å². The smallest absolute Gasteiger partial charge is 0.191 e. The normalized spacial score (nSPS) is 17.9. The van der Waals surface area contributed by atoms with E-state index in [2.05, 4.69) is 69.7 Å². The van der Waals surface area contributed by atoms with Crippen molar-refractivity contribution in [2.24, 2.45) is 4.99 Å². The molecule has 1 saturated heterocycles. The second kappa shape index (κ2) is 8.70. The highest BCUT2D eigenvalue weighted by Gasteiger charge is 2.21. The van der Waals surface area contributed by atoms with Crippen molar-refractivity contribution >= 4 is 11.6 Å². The minimum atomic E-state index is 0.390. The highest BCUT2D eigenvalue weighted by molar-refractivity contribution is 5.80. The first kappa shape index (κ1) is 18.2. The number of nitrogens with zero attached hydrogens (tertiary/aromatic N) is 3. The van der Waals surface area contributed by atoms with Crippen molar-refractivity contribution in [2.75, 3.05) is 25.0 Å². The number of nitrogens with one attached hydrogen (secondary N) is 2. The molecule has 0 bridgehead atoms. The topological polar surface area (TPSA) is 52.6 Å². The van der Waals surface area contributed by atoms with Gasteiger partial charge in [0.2, 0.25) is 0 Å². The van der Waals surface area contributed by atoms with Crippen molar-refractivity contribution in [1.82, 2.24) is 15.6 Å². The molecule has 1 aliphatic rings. The van der Waals surface area contributed by atoms with Crippen LogP contribution in [0.2, 0.25) is 0 Å². The fraction of sp³-hybridized carbons (Fsp3) is 0.429. The minimum Gasteiger partial charge on any atom is -0.369 e. The zero-order valence-corrected chi connectivity index (χ0v) is 16.0. The number of aliphatic imine (C=N–C) groups is 1. The van der Waals surface area contributed by atoms with Gasteiger partial charge in [0, 0.05) is 38.1 Å². The summed E-state index contributed by atoms with van der Waals surface area (Å²) in [4.78, 5) is 11.3. The number of rotatable bonds is 4. The Morgan fingerprint density at radius 3 is 2.77 bits per heavy atom. The van der Waals surface area contributed by atoms with Crippen LogP contribution in [0.4, 0.5) is 5.69 Å². The molecule has 26 heavy (non-hydrogen) atoms. The number of piperidine rings is 1. The van der Waals surface area contributed by atoms with Crippen molar-refractivity contribution in [2.45, 2.75) is 39.3 Å². The first-order valence-electron chi connectivity index (χ1n) is 9.35. The second-order valence-corrected chi connectivity index (χ2v) is 6.96. The quantitative estimate of drug-likeness (QED) is 0.657. The third-order valence-corrected chi connectivity index (χ3v) is 4.93.